The monoisotopic (exact) mass is 308 g/mol. The van der Waals surface area contributed by atoms with Crippen LogP contribution in [0.2, 0.25) is 0 Å². The van der Waals surface area contributed by atoms with Gasteiger partial charge in [-0.3, -0.25) is 9.59 Å². The molecule has 0 aliphatic rings. The predicted molar refractivity (Wildman–Crippen MR) is 75.5 cm³/mol. The lowest BCUT2D eigenvalue weighted by molar-refractivity contribution is 0.0914. The second kappa shape index (κ2) is 6.48. The number of nitrogens with one attached hydrogen (secondary N) is 2. The van der Waals surface area contributed by atoms with Gasteiger partial charge >= 0.3 is 0 Å². The number of pyridine rings is 1. The zero-order valence-electron chi connectivity index (χ0n) is 11.7. The fourth-order valence-electron chi connectivity index (χ4n) is 1.87. The van der Waals surface area contributed by atoms with Crippen LogP contribution in [0.3, 0.4) is 0 Å². The molecule has 1 amide bonds. The van der Waals surface area contributed by atoms with Crippen molar-refractivity contribution in [2.45, 2.75) is 13.0 Å². The molecule has 0 bridgehead atoms. The van der Waals surface area contributed by atoms with E-state index in [9.17, 15) is 23.5 Å². The zero-order chi connectivity index (χ0) is 16.3. The third-order valence-electron chi connectivity index (χ3n) is 3.08. The maximum absolute atomic E-state index is 13.1. The minimum absolute atomic E-state index is 0.0944. The fourth-order valence-corrected chi connectivity index (χ4v) is 1.87. The SMILES string of the molecule is Cc1ccc(C(=O)NC[C@H](O)c2ccc(F)c(F)c2)c(=O)[nH]1. The van der Waals surface area contributed by atoms with Crippen LogP contribution in [-0.4, -0.2) is 22.5 Å². The van der Waals surface area contributed by atoms with E-state index in [1.807, 2.05) is 0 Å². The summed E-state index contributed by atoms with van der Waals surface area (Å²) in [6.07, 6.45) is -1.22. The van der Waals surface area contributed by atoms with E-state index in [4.69, 9.17) is 0 Å². The molecule has 116 valence electrons. The van der Waals surface area contributed by atoms with Crippen LogP contribution in [0, 0.1) is 18.6 Å². The van der Waals surface area contributed by atoms with E-state index in [1.54, 1.807) is 13.0 Å². The molecule has 1 aromatic heterocycles. The number of aryl methyl sites for hydroxylation is 1. The summed E-state index contributed by atoms with van der Waals surface area (Å²) in [6.45, 7) is 1.44. The Labute approximate surface area is 124 Å². The number of hydrogen-bond acceptors (Lipinski definition) is 3. The van der Waals surface area contributed by atoms with Crippen molar-refractivity contribution in [1.82, 2.24) is 10.3 Å². The molecule has 0 saturated heterocycles. The quantitative estimate of drug-likeness (QED) is 0.799. The Hall–Kier alpha value is -2.54. The van der Waals surface area contributed by atoms with Crippen molar-refractivity contribution in [1.29, 1.82) is 0 Å². The third kappa shape index (κ3) is 3.56. The molecule has 2 aromatic rings. The van der Waals surface area contributed by atoms with Gasteiger partial charge in [-0.15, -0.1) is 0 Å². The highest BCUT2D eigenvalue weighted by Gasteiger charge is 2.14. The van der Waals surface area contributed by atoms with Crippen molar-refractivity contribution in [3.05, 3.63) is 69.1 Å². The van der Waals surface area contributed by atoms with Gasteiger partial charge < -0.3 is 15.4 Å². The number of benzene rings is 1. The molecule has 1 heterocycles. The number of aliphatic hydroxyl groups is 1. The molecule has 2 rings (SSSR count). The maximum Gasteiger partial charge on any atom is 0.260 e. The molecule has 0 radical (unpaired) electrons. The second-order valence-electron chi connectivity index (χ2n) is 4.78. The molecule has 0 fully saturated rings. The zero-order valence-corrected chi connectivity index (χ0v) is 11.7. The summed E-state index contributed by atoms with van der Waals surface area (Å²) in [6, 6.07) is 5.90. The number of halogens is 2. The van der Waals surface area contributed by atoms with Crippen LogP contribution in [0.1, 0.15) is 27.7 Å². The molecule has 22 heavy (non-hydrogen) atoms. The highest BCUT2D eigenvalue weighted by molar-refractivity contribution is 5.93. The Morgan fingerprint density at radius 1 is 1.27 bits per heavy atom. The minimum atomic E-state index is -1.22. The molecule has 7 heteroatoms. The molecule has 3 N–H and O–H groups in total. The summed E-state index contributed by atoms with van der Waals surface area (Å²) in [4.78, 5) is 25.9. The first-order valence-electron chi connectivity index (χ1n) is 6.49. The molecule has 0 saturated carbocycles. The van der Waals surface area contributed by atoms with Crippen molar-refractivity contribution in [2.75, 3.05) is 6.54 Å². The van der Waals surface area contributed by atoms with Gasteiger partial charge in [0, 0.05) is 12.2 Å². The molecule has 0 aliphatic carbocycles. The lowest BCUT2D eigenvalue weighted by Crippen LogP contribution is -2.32. The van der Waals surface area contributed by atoms with Crippen LogP contribution in [0.15, 0.2) is 35.1 Å². The number of aromatic nitrogens is 1. The molecule has 1 atom stereocenters. The van der Waals surface area contributed by atoms with Crippen molar-refractivity contribution < 1.29 is 18.7 Å². The van der Waals surface area contributed by atoms with Crippen LogP contribution in [-0.2, 0) is 0 Å². The first kappa shape index (κ1) is 15.8. The van der Waals surface area contributed by atoms with E-state index in [0.717, 1.165) is 12.1 Å². The standard InChI is InChI=1S/C15H14F2N2O3/c1-8-2-4-10(15(22)19-8)14(21)18-7-13(20)9-3-5-11(16)12(17)6-9/h2-6,13,20H,7H2,1H3,(H,18,21)(H,19,22)/t13-/m0/s1. The van der Waals surface area contributed by atoms with Gasteiger partial charge in [0.05, 0.1) is 6.10 Å². The average molecular weight is 308 g/mol. The number of carbonyl (C=O) groups excluding carboxylic acids is 1. The largest absolute Gasteiger partial charge is 0.387 e. The van der Waals surface area contributed by atoms with Gasteiger partial charge in [0.1, 0.15) is 5.56 Å². The average Bonchev–Trinajstić information content (AvgIpc) is 2.47. The highest BCUT2D eigenvalue weighted by Crippen LogP contribution is 2.15. The molecule has 5 nitrogen and oxygen atoms in total. The van der Waals surface area contributed by atoms with E-state index in [2.05, 4.69) is 10.3 Å². The van der Waals surface area contributed by atoms with Gasteiger partial charge in [0.15, 0.2) is 11.6 Å². The molecule has 0 unspecified atom stereocenters. The number of H-pyrrole nitrogens is 1. The van der Waals surface area contributed by atoms with Crippen LogP contribution in [0.5, 0.6) is 0 Å². The third-order valence-corrected chi connectivity index (χ3v) is 3.08. The van der Waals surface area contributed by atoms with Gasteiger partial charge in [0.25, 0.3) is 11.5 Å². The number of carbonyl (C=O) groups is 1. The molecular weight excluding hydrogens is 294 g/mol. The maximum atomic E-state index is 13.1. The van der Waals surface area contributed by atoms with Crippen molar-refractivity contribution in [3.8, 4) is 0 Å². The van der Waals surface area contributed by atoms with Gasteiger partial charge in [-0.1, -0.05) is 6.07 Å². The Morgan fingerprint density at radius 2 is 2.00 bits per heavy atom. The number of aromatic amines is 1. The second-order valence-corrected chi connectivity index (χ2v) is 4.78. The van der Waals surface area contributed by atoms with Gasteiger partial charge in [-0.25, -0.2) is 8.78 Å². The van der Waals surface area contributed by atoms with Crippen LogP contribution in [0.4, 0.5) is 8.78 Å². The number of amides is 1. The van der Waals surface area contributed by atoms with Gasteiger partial charge in [-0.05, 0) is 36.8 Å². The van der Waals surface area contributed by atoms with Crippen molar-refractivity contribution in [3.63, 3.8) is 0 Å². The van der Waals surface area contributed by atoms with E-state index >= 15 is 0 Å². The summed E-state index contributed by atoms with van der Waals surface area (Å²) >= 11 is 0. The topological polar surface area (TPSA) is 82.2 Å². The van der Waals surface area contributed by atoms with Crippen molar-refractivity contribution in [2.24, 2.45) is 0 Å². The Balaban J connectivity index is 2.04. The number of hydrogen-bond donors (Lipinski definition) is 3. The molecule has 0 spiro atoms. The van der Waals surface area contributed by atoms with E-state index in [1.165, 1.54) is 12.1 Å². The highest BCUT2D eigenvalue weighted by atomic mass is 19.2. The van der Waals surface area contributed by atoms with E-state index in [0.29, 0.717) is 5.69 Å². The lowest BCUT2D eigenvalue weighted by atomic mass is 10.1. The Bertz CT molecular complexity index is 759. The molecule has 0 aliphatic heterocycles. The molecular formula is C15H14F2N2O3. The van der Waals surface area contributed by atoms with Crippen LogP contribution >= 0.6 is 0 Å². The first-order chi connectivity index (χ1) is 10.4. The van der Waals surface area contributed by atoms with Gasteiger partial charge in [0.2, 0.25) is 0 Å². The summed E-state index contributed by atoms with van der Waals surface area (Å²) in [7, 11) is 0. The minimum Gasteiger partial charge on any atom is -0.387 e. The van der Waals surface area contributed by atoms with Crippen molar-refractivity contribution >= 4 is 5.91 Å². The smallest absolute Gasteiger partial charge is 0.260 e. The van der Waals surface area contributed by atoms with Crippen LogP contribution < -0.4 is 10.9 Å². The van der Waals surface area contributed by atoms with Crippen LogP contribution in [0.25, 0.3) is 0 Å². The fraction of sp³-hybridized carbons (Fsp3) is 0.200. The summed E-state index contributed by atoms with van der Waals surface area (Å²) in [5, 5.41) is 12.2. The van der Waals surface area contributed by atoms with E-state index < -0.39 is 29.2 Å². The Morgan fingerprint density at radius 3 is 2.64 bits per heavy atom. The van der Waals surface area contributed by atoms with Gasteiger partial charge in [-0.2, -0.15) is 0 Å². The molecule has 1 aromatic carbocycles. The summed E-state index contributed by atoms with van der Waals surface area (Å²) in [5.41, 5.74) is 0.100. The van der Waals surface area contributed by atoms with E-state index in [-0.39, 0.29) is 17.7 Å². The predicted octanol–water partition coefficient (Wildman–Crippen LogP) is 1.42. The number of aliphatic hydroxyl groups excluding tert-OH is 1. The normalized spacial score (nSPS) is 12.0. The lowest BCUT2D eigenvalue weighted by Gasteiger charge is -2.12. The number of rotatable bonds is 4. The summed E-state index contributed by atoms with van der Waals surface area (Å²) < 4.78 is 25.9. The summed E-state index contributed by atoms with van der Waals surface area (Å²) in [5.74, 6) is -2.77. The first-order valence-corrected chi connectivity index (χ1v) is 6.49. The Kier molecular flexibility index (Phi) is 4.67.